The topological polar surface area (TPSA) is 183 Å². The van der Waals surface area contributed by atoms with Crippen LogP contribution in [-0.2, 0) is 23.9 Å². The van der Waals surface area contributed by atoms with E-state index in [1.807, 2.05) is 0 Å². The molecule has 1 aliphatic rings. The standard InChI is InChI=1S/C14H23NO10/c1-5(16)9(19)12(24-3)10(20)11-8(15-6(2)17)7(18)4-14(23,25-11)13(21)22/h7-12,18-20,23H,4H2,1-3H3,(H,15,17)(H,21,22)/t7-,8+,9?,10?,11+,12?,14?/m0/s1. The highest BCUT2D eigenvalue weighted by Gasteiger charge is 2.54. The molecule has 0 aliphatic carbocycles. The molecule has 0 aromatic rings. The summed E-state index contributed by atoms with van der Waals surface area (Å²) < 4.78 is 9.90. The fraction of sp³-hybridized carbons (Fsp3) is 0.786. The molecule has 1 rings (SSSR count). The molecule has 25 heavy (non-hydrogen) atoms. The van der Waals surface area contributed by atoms with E-state index >= 15 is 0 Å². The Hall–Kier alpha value is -1.63. The van der Waals surface area contributed by atoms with Crippen LogP contribution in [0.25, 0.3) is 0 Å². The lowest BCUT2D eigenvalue weighted by molar-refractivity contribution is -0.297. The highest BCUT2D eigenvalue weighted by atomic mass is 16.7. The Kier molecular flexibility index (Phi) is 6.99. The summed E-state index contributed by atoms with van der Waals surface area (Å²) in [6.07, 6.45) is -9.25. The first-order valence-electron chi connectivity index (χ1n) is 7.42. The molecule has 1 heterocycles. The van der Waals surface area contributed by atoms with E-state index in [2.05, 4.69) is 5.32 Å². The molecule has 6 N–H and O–H groups in total. The molecule has 1 aliphatic heterocycles. The van der Waals surface area contributed by atoms with Gasteiger partial charge in [0.15, 0.2) is 5.78 Å². The number of carbonyl (C=O) groups is 3. The zero-order valence-electron chi connectivity index (χ0n) is 13.9. The maximum absolute atomic E-state index is 11.3. The number of aliphatic hydroxyl groups is 4. The summed E-state index contributed by atoms with van der Waals surface area (Å²) >= 11 is 0. The number of aliphatic carboxylic acids is 1. The van der Waals surface area contributed by atoms with Crippen LogP contribution in [0.1, 0.15) is 20.3 Å². The predicted octanol–water partition coefficient (Wildman–Crippen LogP) is -3.26. The molecular weight excluding hydrogens is 342 g/mol. The first-order chi connectivity index (χ1) is 11.4. The van der Waals surface area contributed by atoms with E-state index < -0.39 is 66.4 Å². The zero-order chi connectivity index (χ0) is 19.5. The average molecular weight is 365 g/mol. The number of ketones is 1. The van der Waals surface area contributed by atoms with Crippen LogP contribution in [0.4, 0.5) is 0 Å². The van der Waals surface area contributed by atoms with E-state index in [0.29, 0.717) is 0 Å². The molecule has 0 spiro atoms. The fourth-order valence-corrected chi connectivity index (χ4v) is 2.68. The van der Waals surface area contributed by atoms with Crippen molar-refractivity contribution in [2.45, 2.75) is 62.6 Å². The number of Topliss-reactive ketones (excluding diaryl/α,β-unsaturated/α-hetero) is 1. The second-order valence-corrected chi connectivity index (χ2v) is 5.92. The molecule has 0 aromatic carbocycles. The molecule has 0 aromatic heterocycles. The van der Waals surface area contributed by atoms with E-state index in [1.54, 1.807) is 0 Å². The van der Waals surface area contributed by atoms with Crippen LogP contribution in [0.2, 0.25) is 0 Å². The highest BCUT2D eigenvalue weighted by molar-refractivity contribution is 5.81. The average Bonchev–Trinajstić information content (AvgIpc) is 2.49. The number of amides is 1. The Morgan fingerprint density at radius 2 is 1.84 bits per heavy atom. The monoisotopic (exact) mass is 365 g/mol. The number of carboxylic acid groups (broad SMARTS) is 1. The summed E-state index contributed by atoms with van der Waals surface area (Å²) in [6, 6.07) is -1.32. The van der Waals surface area contributed by atoms with Gasteiger partial charge in [-0.2, -0.15) is 0 Å². The van der Waals surface area contributed by atoms with Crippen molar-refractivity contribution in [3.05, 3.63) is 0 Å². The van der Waals surface area contributed by atoms with E-state index in [4.69, 9.17) is 14.6 Å². The van der Waals surface area contributed by atoms with Crippen molar-refractivity contribution in [2.75, 3.05) is 7.11 Å². The van der Waals surface area contributed by atoms with Crippen LogP contribution in [0.5, 0.6) is 0 Å². The molecule has 0 saturated carbocycles. The predicted molar refractivity (Wildman–Crippen MR) is 79.2 cm³/mol. The van der Waals surface area contributed by atoms with Crippen molar-refractivity contribution in [2.24, 2.45) is 0 Å². The molecule has 1 saturated heterocycles. The van der Waals surface area contributed by atoms with Crippen LogP contribution in [0, 0.1) is 0 Å². The summed E-state index contributed by atoms with van der Waals surface area (Å²) in [4.78, 5) is 33.9. The lowest BCUT2D eigenvalue weighted by Crippen LogP contribution is -2.68. The molecule has 144 valence electrons. The van der Waals surface area contributed by atoms with Crippen molar-refractivity contribution >= 4 is 17.7 Å². The molecule has 11 nitrogen and oxygen atoms in total. The summed E-state index contributed by atoms with van der Waals surface area (Å²) in [5.41, 5.74) is 0. The summed E-state index contributed by atoms with van der Waals surface area (Å²) in [6.45, 7) is 2.16. The quantitative estimate of drug-likeness (QED) is 0.268. The number of carboxylic acids is 1. The minimum atomic E-state index is -2.83. The van der Waals surface area contributed by atoms with Gasteiger partial charge in [0.1, 0.15) is 24.4 Å². The molecule has 1 amide bonds. The largest absolute Gasteiger partial charge is 0.477 e. The van der Waals surface area contributed by atoms with E-state index in [1.165, 1.54) is 0 Å². The van der Waals surface area contributed by atoms with Gasteiger partial charge in [0, 0.05) is 20.5 Å². The second-order valence-electron chi connectivity index (χ2n) is 5.92. The number of nitrogens with one attached hydrogen (secondary N) is 1. The third-order valence-corrected chi connectivity index (χ3v) is 3.96. The summed E-state index contributed by atoms with van der Waals surface area (Å²) in [5, 5.41) is 51.8. The molecule has 7 atom stereocenters. The lowest BCUT2D eigenvalue weighted by Gasteiger charge is -2.45. The normalized spacial score (nSPS) is 33.2. The van der Waals surface area contributed by atoms with Gasteiger partial charge >= 0.3 is 5.97 Å². The van der Waals surface area contributed by atoms with Crippen molar-refractivity contribution < 1.29 is 49.4 Å². The van der Waals surface area contributed by atoms with Crippen molar-refractivity contribution in [3.8, 4) is 0 Å². The number of hydrogen-bond donors (Lipinski definition) is 6. The van der Waals surface area contributed by atoms with Gasteiger partial charge in [-0.3, -0.25) is 9.59 Å². The second kappa shape index (κ2) is 8.17. The maximum Gasteiger partial charge on any atom is 0.364 e. The zero-order valence-corrected chi connectivity index (χ0v) is 13.9. The first kappa shape index (κ1) is 21.4. The smallest absolute Gasteiger partial charge is 0.364 e. The minimum Gasteiger partial charge on any atom is -0.477 e. The minimum absolute atomic E-state index is 0.619. The third-order valence-electron chi connectivity index (χ3n) is 3.96. The Balaban J connectivity index is 3.22. The fourth-order valence-electron chi connectivity index (χ4n) is 2.68. The van der Waals surface area contributed by atoms with Crippen LogP contribution in [0.3, 0.4) is 0 Å². The van der Waals surface area contributed by atoms with Gasteiger partial charge in [-0.1, -0.05) is 0 Å². The number of aliphatic hydroxyl groups excluding tert-OH is 3. The van der Waals surface area contributed by atoms with Crippen molar-refractivity contribution in [3.63, 3.8) is 0 Å². The van der Waals surface area contributed by atoms with Crippen LogP contribution in [-0.4, -0.2) is 92.7 Å². The Bertz CT molecular complexity index is 526. The number of rotatable bonds is 7. The molecule has 1 fully saturated rings. The van der Waals surface area contributed by atoms with Gasteiger partial charge in [0.05, 0.1) is 12.1 Å². The van der Waals surface area contributed by atoms with E-state index in [9.17, 15) is 34.8 Å². The number of ether oxygens (including phenoxy) is 2. The van der Waals surface area contributed by atoms with Gasteiger partial charge < -0.3 is 40.3 Å². The summed E-state index contributed by atoms with van der Waals surface area (Å²) in [7, 11) is 1.08. The lowest BCUT2D eigenvalue weighted by atomic mass is 9.87. The van der Waals surface area contributed by atoms with Crippen molar-refractivity contribution in [1.29, 1.82) is 0 Å². The molecule has 0 bridgehead atoms. The van der Waals surface area contributed by atoms with Gasteiger partial charge in [-0.05, 0) is 6.92 Å². The Labute approximate surface area is 143 Å². The molecular formula is C14H23NO10. The van der Waals surface area contributed by atoms with Crippen LogP contribution in [0.15, 0.2) is 0 Å². The maximum atomic E-state index is 11.3. The molecule has 11 heteroatoms. The van der Waals surface area contributed by atoms with E-state index in [-0.39, 0.29) is 0 Å². The van der Waals surface area contributed by atoms with Gasteiger partial charge in [0.25, 0.3) is 5.79 Å². The van der Waals surface area contributed by atoms with Crippen LogP contribution >= 0.6 is 0 Å². The number of carbonyl (C=O) groups excluding carboxylic acids is 2. The molecule has 0 radical (unpaired) electrons. The first-order valence-corrected chi connectivity index (χ1v) is 7.42. The SMILES string of the molecule is COC(C(O)C(C)=O)C(O)[C@@H]1OC(O)(C(=O)O)C[C@H](O)[C@H]1NC(C)=O. The number of methoxy groups -OCH3 is 1. The van der Waals surface area contributed by atoms with Gasteiger partial charge in [-0.25, -0.2) is 4.79 Å². The van der Waals surface area contributed by atoms with Crippen molar-refractivity contribution in [1.82, 2.24) is 5.32 Å². The Morgan fingerprint density at radius 3 is 2.24 bits per heavy atom. The number of hydrogen-bond acceptors (Lipinski definition) is 9. The summed E-state index contributed by atoms with van der Waals surface area (Å²) in [5.74, 6) is -6.01. The van der Waals surface area contributed by atoms with Gasteiger partial charge in [-0.15, -0.1) is 0 Å². The van der Waals surface area contributed by atoms with Gasteiger partial charge in [0.2, 0.25) is 5.91 Å². The van der Waals surface area contributed by atoms with E-state index in [0.717, 1.165) is 21.0 Å². The highest BCUT2D eigenvalue weighted by Crippen LogP contribution is 2.31. The Morgan fingerprint density at radius 1 is 1.28 bits per heavy atom. The van der Waals surface area contributed by atoms with Crippen LogP contribution < -0.4 is 5.32 Å². The third kappa shape index (κ3) is 4.71. The molecule has 4 unspecified atom stereocenters.